The first-order valence-electron chi connectivity index (χ1n) is 5.15. The number of rotatable bonds is 1. The lowest BCUT2D eigenvalue weighted by Crippen LogP contribution is -2.09. The molecule has 0 saturated carbocycles. The van der Waals surface area contributed by atoms with Gasteiger partial charge in [0, 0.05) is 10.6 Å². The molecule has 0 fully saturated rings. The summed E-state index contributed by atoms with van der Waals surface area (Å²) in [5.74, 6) is -0.603. The number of hydrogen-bond acceptors (Lipinski definition) is 2. The number of benzene rings is 1. The zero-order valence-electron chi connectivity index (χ0n) is 9.36. The summed E-state index contributed by atoms with van der Waals surface area (Å²) < 4.78 is 0.694. The van der Waals surface area contributed by atoms with E-state index < -0.39 is 5.91 Å². The van der Waals surface area contributed by atoms with Gasteiger partial charge < -0.3 is 0 Å². The molecule has 2 rings (SSSR count). The van der Waals surface area contributed by atoms with Crippen molar-refractivity contribution in [2.24, 2.45) is 4.99 Å². The summed E-state index contributed by atoms with van der Waals surface area (Å²) in [6.45, 7) is 0. The number of hydrogen-bond donors (Lipinski definition) is 0. The van der Waals surface area contributed by atoms with Crippen LogP contribution in [0, 0.1) is 0 Å². The number of Topliss-reactive ketones (excluding diaryl/α,β-unsaturated/α-hetero) is 1. The molecule has 0 N–H and O–H groups in total. The van der Waals surface area contributed by atoms with Crippen LogP contribution in [0.2, 0.25) is 5.02 Å². The fourth-order valence-electron chi connectivity index (χ4n) is 1.41. The normalized spacial score (nSPS) is 14.9. The summed E-state index contributed by atoms with van der Waals surface area (Å²) in [4.78, 5) is 27.4. The van der Waals surface area contributed by atoms with E-state index in [-0.39, 0.29) is 5.78 Å². The third-order valence-corrected chi connectivity index (χ3v) is 3.70. The number of allylic oxidation sites excluding steroid dienone is 4. The second kappa shape index (κ2) is 5.94. The largest absolute Gasteiger partial charge is 0.287 e. The molecular formula is C13H6Br2ClNO2. The van der Waals surface area contributed by atoms with Gasteiger partial charge in [-0.25, -0.2) is 4.99 Å². The highest BCUT2D eigenvalue weighted by Gasteiger charge is 2.17. The van der Waals surface area contributed by atoms with E-state index in [4.69, 9.17) is 11.6 Å². The zero-order chi connectivity index (χ0) is 14.0. The van der Waals surface area contributed by atoms with E-state index in [0.717, 1.165) is 0 Å². The summed E-state index contributed by atoms with van der Waals surface area (Å²) in [7, 11) is 0. The van der Waals surface area contributed by atoms with Crippen molar-refractivity contribution in [1.82, 2.24) is 0 Å². The molecule has 0 aromatic heterocycles. The predicted molar refractivity (Wildman–Crippen MR) is 82.2 cm³/mol. The van der Waals surface area contributed by atoms with Gasteiger partial charge in [-0.15, -0.1) is 0 Å². The Labute approximate surface area is 131 Å². The Morgan fingerprint density at radius 3 is 2.37 bits per heavy atom. The molecule has 6 heteroatoms. The number of ketones is 1. The fraction of sp³-hybridized carbons (Fsp3) is 0. The second-order valence-electron chi connectivity index (χ2n) is 3.67. The highest BCUT2D eigenvalue weighted by atomic mass is 79.9. The molecule has 1 amide bonds. The summed E-state index contributed by atoms with van der Waals surface area (Å²) >= 11 is 12.1. The van der Waals surface area contributed by atoms with E-state index in [1.54, 1.807) is 24.3 Å². The van der Waals surface area contributed by atoms with Crippen LogP contribution in [-0.2, 0) is 4.79 Å². The Balaban J connectivity index is 2.32. The van der Waals surface area contributed by atoms with Crippen molar-refractivity contribution in [3.8, 4) is 0 Å². The van der Waals surface area contributed by atoms with Gasteiger partial charge in [0.25, 0.3) is 5.91 Å². The van der Waals surface area contributed by atoms with Crippen LogP contribution in [0.4, 0.5) is 0 Å². The molecule has 1 aliphatic rings. The Kier molecular flexibility index (Phi) is 4.50. The number of amides is 1. The summed E-state index contributed by atoms with van der Waals surface area (Å²) in [5.41, 5.74) is 0.786. The summed E-state index contributed by atoms with van der Waals surface area (Å²) in [5, 5.41) is 0.471. The predicted octanol–water partition coefficient (Wildman–Crippen LogP) is 4.06. The molecule has 3 nitrogen and oxygen atoms in total. The van der Waals surface area contributed by atoms with Crippen molar-refractivity contribution in [3.05, 3.63) is 56.0 Å². The first-order valence-corrected chi connectivity index (χ1v) is 7.11. The molecule has 1 aromatic carbocycles. The van der Waals surface area contributed by atoms with Crippen LogP contribution in [0.1, 0.15) is 10.4 Å². The third kappa shape index (κ3) is 3.49. The van der Waals surface area contributed by atoms with E-state index in [9.17, 15) is 9.59 Å². The molecule has 0 saturated heterocycles. The van der Waals surface area contributed by atoms with Crippen molar-refractivity contribution >= 4 is 60.9 Å². The van der Waals surface area contributed by atoms with E-state index in [2.05, 4.69) is 36.9 Å². The minimum Gasteiger partial charge on any atom is -0.287 e. The molecule has 96 valence electrons. The Morgan fingerprint density at radius 2 is 1.79 bits per heavy atom. The second-order valence-corrected chi connectivity index (χ2v) is 5.81. The van der Waals surface area contributed by atoms with Crippen molar-refractivity contribution in [1.29, 1.82) is 0 Å². The lowest BCUT2D eigenvalue weighted by atomic mass is 10.1. The lowest BCUT2D eigenvalue weighted by molar-refractivity contribution is -0.110. The summed E-state index contributed by atoms with van der Waals surface area (Å²) in [6, 6.07) is 6.53. The summed E-state index contributed by atoms with van der Waals surface area (Å²) in [6.07, 6.45) is 2.99. The number of carbonyl (C=O) groups excluding carboxylic acids is 2. The minimum absolute atomic E-state index is 0.186. The lowest BCUT2D eigenvalue weighted by Gasteiger charge is -2.05. The topological polar surface area (TPSA) is 46.5 Å². The first-order chi connectivity index (χ1) is 8.97. The molecule has 0 bridgehead atoms. The van der Waals surface area contributed by atoms with Crippen molar-refractivity contribution in [2.45, 2.75) is 0 Å². The van der Waals surface area contributed by atoms with E-state index >= 15 is 0 Å². The molecule has 1 aliphatic carbocycles. The Morgan fingerprint density at radius 1 is 1.16 bits per heavy atom. The molecule has 0 spiro atoms. The van der Waals surface area contributed by atoms with Crippen LogP contribution < -0.4 is 0 Å². The van der Waals surface area contributed by atoms with Gasteiger partial charge in [-0.2, -0.15) is 0 Å². The molecule has 0 atom stereocenters. The maximum absolute atomic E-state index is 11.9. The van der Waals surface area contributed by atoms with Crippen LogP contribution in [-0.4, -0.2) is 17.4 Å². The first kappa shape index (κ1) is 14.4. The number of halogens is 3. The third-order valence-electron chi connectivity index (χ3n) is 2.29. The van der Waals surface area contributed by atoms with Gasteiger partial charge in [0.15, 0.2) is 0 Å². The van der Waals surface area contributed by atoms with Gasteiger partial charge in [-0.3, -0.25) is 9.59 Å². The quantitative estimate of drug-likeness (QED) is 0.664. The van der Waals surface area contributed by atoms with Gasteiger partial charge in [-0.1, -0.05) is 17.7 Å². The van der Waals surface area contributed by atoms with Crippen LogP contribution in [0.5, 0.6) is 0 Å². The highest BCUT2D eigenvalue weighted by Crippen LogP contribution is 2.22. The number of nitrogens with zero attached hydrogens (tertiary/aromatic N) is 1. The monoisotopic (exact) mass is 401 g/mol. The molecule has 0 radical (unpaired) electrons. The van der Waals surface area contributed by atoms with Gasteiger partial charge in [0.05, 0.1) is 14.7 Å². The van der Waals surface area contributed by atoms with Gasteiger partial charge in [-0.05, 0) is 62.2 Å². The zero-order valence-corrected chi connectivity index (χ0v) is 13.3. The van der Waals surface area contributed by atoms with Crippen LogP contribution in [0.25, 0.3) is 0 Å². The molecule has 0 heterocycles. The van der Waals surface area contributed by atoms with Crippen LogP contribution in [0.3, 0.4) is 0 Å². The SMILES string of the molecule is O=C1C(Br)=CC(=NC(=O)c2cccc(Cl)c2)C=C1Br. The van der Waals surface area contributed by atoms with Gasteiger partial charge in [0.2, 0.25) is 5.78 Å². The fourth-order valence-corrected chi connectivity index (χ4v) is 2.77. The smallest absolute Gasteiger partial charge is 0.277 e. The molecule has 0 aliphatic heterocycles. The number of aliphatic imine (C=N–C) groups is 1. The minimum atomic E-state index is -0.417. The van der Waals surface area contributed by atoms with Gasteiger partial charge >= 0.3 is 0 Å². The molecular weight excluding hydrogens is 397 g/mol. The van der Waals surface area contributed by atoms with Crippen LogP contribution in [0.15, 0.2) is 50.4 Å². The maximum Gasteiger partial charge on any atom is 0.277 e. The molecule has 1 aromatic rings. The van der Waals surface area contributed by atoms with Crippen molar-refractivity contribution in [2.75, 3.05) is 0 Å². The highest BCUT2D eigenvalue weighted by molar-refractivity contribution is 9.13. The Hall–Kier alpha value is -1.04. The Bertz CT molecular complexity index is 638. The van der Waals surface area contributed by atoms with E-state index in [1.807, 2.05) is 0 Å². The maximum atomic E-state index is 11.9. The average molecular weight is 403 g/mol. The standard InChI is InChI=1S/C13H6Br2ClNO2/c14-10-5-9(6-11(15)12(10)18)17-13(19)7-2-1-3-8(16)4-7/h1-6H. The number of carbonyl (C=O) groups is 2. The molecule has 19 heavy (non-hydrogen) atoms. The molecule has 0 unspecified atom stereocenters. The van der Waals surface area contributed by atoms with Gasteiger partial charge in [0.1, 0.15) is 0 Å². The van der Waals surface area contributed by atoms with Crippen LogP contribution >= 0.6 is 43.5 Å². The van der Waals surface area contributed by atoms with Crippen molar-refractivity contribution < 1.29 is 9.59 Å². The van der Waals surface area contributed by atoms with Crippen molar-refractivity contribution in [3.63, 3.8) is 0 Å². The average Bonchev–Trinajstić information content (AvgIpc) is 2.36. The van der Waals surface area contributed by atoms with E-state index in [1.165, 1.54) is 12.2 Å². The van der Waals surface area contributed by atoms with E-state index in [0.29, 0.717) is 25.3 Å².